The predicted octanol–water partition coefficient (Wildman–Crippen LogP) is 4.77. The summed E-state index contributed by atoms with van der Waals surface area (Å²) in [5.41, 5.74) is 2.76. The third-order valence-electron chi connectivity index (χ3n) is 2.82. The van der Waals surface area contributed by atoms with E-state index in [4.69, 9.17) is 5.26 Å². The van der Waals surface area contributed by atoms with E-state index in [0.717, 1.165) is 22.1 Å². The highest BCUT2D eigenvalue weighted by molar-refractivity contribution is 9.10. The Bertz CT molecular complexity index is 647. The highest BCUT2D eigenvalue weighted by Gasteiger charge is 2.05. The molecule has 2 rings (SSSR count). The molecular weight excluding hydrogens is 307 g/mol. The maximum atomic E-state index is 13.5. The zero-order chi connectivity index (χ0) is 13.8. The van der Waals surface area contributed by atoms with Gasteiger partial charge in [-0.3, -0.25) is 0 Å². The van der Waals surface area contributed by atoms with Crippen LogP contribution in [0.5, 0.6) is 0 Å². The lowest BCUT2D eigenvalue weighted by molar-refractivity contribution is 0.624. The summed E-state index contributed by atoms with van der Waals surface area (Å²) < 4.78 is 14.5. The first-order chi connectivity index (χ1) is 9.13. The smallest absolute Gasteiger partial charge is 0.143 e. The quantitative estimate of drug-likeness (QED) is 0.885. The van der Waals surface area contributed by atoms with Crippen LogP contribution in [0.25, 0.3) is 0 Å². The lowest BCUT2D eigenvalue weighted by Crippen LogP contribution is -1.96. The molecule has 0 aliphatic carbocycles. The molecule has 0 heterocycles. The molecule has 0 unspecified atom stereocenters. The minimum atomic E-state index is -0.511. The minimum Gasteiger partial charge on any atom is -0.355 e. The van der Waals surface area contributed by atoms with Crippen molar-refractivity contribution in [2.24, 2.45) is 0 Å². The molecule has 0 aliphatic rings. The fourth-order valence-electron chi connectivity index (χ4n) is 1.82. The van der Waals surface area contributed by atoms with Crippen LogP contribution in [0.15, 0.2) is 40.9 Å². The van der Waals surface area contributed by atoms with Crippen molar-refractivity contribution in [3.63, 3.8) is 0 Å². The Balaban J connectivity index is 2.31. The molecule has 0 spiro atoms. The summed E-state index contributed by atoms with van der Waals surface area (Å²) in [6.45, 7) is 2.06. The first-order valence-electron chi connectivity index (χ1n) is 5.89. The van der Waals surface area contributed by atoms with Crippen molar-refractivity contribution >= 4 is 27.3 Å². The van der Waals surface area contributed by atoms with E-state index in [1.165, 1.54) is 12.1 Å². The van der Waals surface area contributed by atoms with E-state index in [1.54, 1.807) is 6.07 Å². The van der Waals surface area contributed by atoms with E-state index >= 15 is 0 Å². The van der Waals surface area contributed by atoms with Crippen LogP contribution in [-0.2, 0) is 6.42 Å². The molecule has 2 aromatic rings. The second kappa shape index (κ2) is 5.85. The van der Waals surface area contributed by atoms with Gasteiger partial charge in [-0.15, -0.1) is 0 Å². The fourth-order valence-corrected chi connectivity index (χ4v) is 2.22. The van der Waals surface area contributed by atoms with Gasteiger partial charge in [-0.1, -0.05) is 22.9 Å². The summed E-state index contributed by atoms with van der Waals surface area (Å²) in [4.78, 5) is 0. The van der Waals surface area contributed by atoms with Gasteiger partial charge in [0.25, 0.3) is 0 Å². The lowest BCUT2D eigenvalue weighted by Gasteiger charge is -2.11. The average Bonchev–Trinajstić information content (AvgIpc) is 2.41. The zero-order valence-electron chi connectivity index (χ0n) is 10.4. The number of rotatable bonds is 3. The van der Waals surface area contributed by atoms with E-state index in [0.29, 0.717) is 5.69 Å². The number of hydrogen-bond acceptors (Lipinski definition) is 2. The first-order valence-corrected chi connectivity index (χ1v) is 6.68. The van der Waals surface area contributed by atoms with E-state index in [-0.39, 0.29) is 5.56 Å². The van der Waals surface area contributed by atoms with Crippen LogP contribution in [0.1, 0.15) is 18.1 Å². The Morgan fingerprint density at radius 2 is 2.05 bits per heavy atom. The Hall–Kier alpha value is -1.86. The molecule has 2 nitrogen and oxygen atoms in total. The normalized spacial score (nSPS) is 10.0. The standard InChI is InChI=1S/C15H12BrFN2/c1-2-10-7-12(16)4-6-15(10)19-13-5-3-11(9-18)14(17)8-13/h3-8,19H,2H2,1H3. The van der Waals surface area contributed by atoms with Gasteiger partial charge in [0.05, 0.1) is 5.56 Å². The van der Waals surface area contributed by atoms with Crippen LogP contribution in [0.4, 0.5) is 15.8 Å². The SMILES string of the molecule is CCc1cc(Br)ccc1Nc1ccc(C#N)c(F)c1. The molecule has 0 bridgehead atoms. The molecular formula is C15H12BrFN2. The summed E-state index contributed by atoms with van der Waals surface area (Å²) in [6, 6.07) is 12.2. The summed E-state index contributed by atoms with van der Waals surface area (Å²) in [6.07, 6.45) is 0.876. The third kappa shape index (κ3) is 3.12. The number of nitrogens with one attached hydrogen (secondary N) is 1. The van der Waals surface area contributed by atoms with Crippen LogP contribution in [-0.4, -0.2) is 0 Å². The van der Waals surface area contributed by atoms with E-state index in [1.807, 2.05) is 24.3 Å². The number of aryl methyl sites for hydroxylation is 1. The average molecular weight is 319 g/mol. The van der Waals surface area contributed by atoms with Gasteiger partial charge in [0.15, 0.2) is 0 Å². The van der Waals surface area contributed by atoms with Crippen molar-refractivity contribution in [3.8, 4) is 6.07 Å². The summed E-state index contributed by atoms with van der Waals surface area (Å²) >= 11 is 3.43. The summed E-state index contributed by atoms with van der Waals surface area (Å²) in [5.74, 6) is -0.511. The number of hydrogen-bond donors (Lipinski definition) is 1. The van der Waals surface area contributed by atoms with Crippen LogP contribution in [0, 0.1) is 17.1 Å². The second-order valence-corrected chi connectivity index (χ2v) is 5.00. The van der Waals surface area contributed by atoms with Crippen molar-refractivity contribution in [2.75, 3.05) is 5.32 Å². The number of benzene rings is 2. The summed E-state index contributed by atoms with van der Waals surface area (Å²) in [7, 11) is 0. The Kier molecular flexibility index (Phi) is 4.18. The van der Waals surface area contributed by atoms with Crippen molar-refractivity contribution in [3.05, 3.63) is 57.8 Å². The fraction of sp³-hybridized carbons (Fsp3) is 0.133. The zero-order valence-corrected chi connectivity index (χ0v) is 12.0. The molecule has 2 aromatic carbocycles. The van der Waals surface area contributed by atoms with Crippen molar-refractivity contribution < 1.29 is 4.39 Å². The van der Waals surface area contributed by atoms with Gasteiger partial charge in [-0.2, -0.15) is 5.26 Å². The van der Waals surface area contributed by atoms with Crippen molar-refractivity contribution in [1.29, 1.82) is 5.26 Å². The number of anilines is 2. The molecule has 0 atom stereocenters. The molecule has 0 aromatic heterocycles. The Labute approximate surface area is 120 Å². The third-order valence-corrected chi connectivity index (χ3v) is 3.31. The van der Waals surface area contributed by atoms with Gasteiger partial charge >= 0.3 is 0 Å². The Morgan fingerprint density at radius 3 is 2.68 bits per heavy atom. The van der Waals surface area contributed by atoms with Crippen molar-refractivity contribution in [1.82, 2.24) is 0 Å². The maximum Gasteiger partial charge on any atom is 0.143 e. The van der Waals surface area contributed by atoms with Gasteiger partial charge in [-0.05, 0) is 48.4 Å². The molecule has 0 saturated heterocycles. The number of nitriles is 1. The van der Waals surface area contributed by atoms with E-state index < -0.39 is 5.82 Å². The molecule has 0 fully saturated rings. The van der Waals surface area contributed by atoms with Crippen LogP contribution < -0.4 is 5.32 Å². The molecule has 96 valence electrons. The van der Waals surface area contributed by atoms with Gasteiger partial charge in [0, 0.05) is 15.8 Å². The van der Waals surface area contributed by atoms with Crippen LogP contribution >= 0.6 is 15.9 Å². The monoisotopic (exact) mass is 318 g/mol. The molecule has 0 amide bonds. The largest absolute Gasteiger partial charge is 0.355 e. The number of nitrogens with zero attached hydrogens (tertiary/aromatic N) is 1. The predicted molar refractivity (Wildman–Crippen MR) is 77.9 cm³/mol. The first kappa shape index (κ1) is 13.6. The van der Waals surface area contributed by atoms with Gasteiger partial charge in [0.1, 0.15) is 11.9 Å². The highest BCUT2D eigenvalue weighted by Crippen LogP contribution is 2.25. The lowest BCUT2D eigenvalue weighted by atomic mass is 10.1. The van der Waals surface area contributed by atoms with E-state index in [9.17, 15) is 4.39 Å². The maximum absolute atomic E-state index is 13.5. The van der Waals surface area contributed by atoms with Gasteiger partial charge < -0.3 is 5.32 Å². The van der Waals surface area contributed by atoms with Gasteiger partial charge in [-0.25, -0.2) is 4.39 Å². The number of halogens is 2. The van der Waals surface area contributed by atoms with E-state index in [2.05, 4.69) is 28.2 Å². The minimum absolute atomic E-state index is 0.0528. The topological polar surface area (TPSA) is 35.8 Å². The Morgan fingerprint density at radius 1 is 1.26 bits per heavy atom. The highest BCUT2D eigenvalue weighted by atomic mass is 79.9. The van der Waals surface area contributed by atoms with Gasteiger partial charge in [0.2, 0.25) is 0 Å². The van der Waals surface area contributed by atoms with Crippen LogP contribution in [0.3, 0.4) is 0 Å². The molecule has 4 heteroatoms. The molecule has 19 heavy (non-hydrogen) atoms. The van der Waals surface area contributed by atoms with Crippen molar-refractivity contribution in [2.45, 2.75) is 13.3 Å². The molecule has 0 aliphatic heterocycles. The second-order valence-electron chi connectivity index (χ2n) is 4.09. The van der Waals surface area contributed by atoms with Crippen LogP contribution in [0.2, 0.25) is 0 Å². The molecule has 0 saturated carbocycles. The molecule has 0 radical (unpaired) electrons. The summed E-state index contributed by atoms with van der Waals surface area (Å²) in [5, 5.41) is 11.9. The molecule has 1 N–H and O–H groups in total.